The highest BCUT2D eigenvalue weighted by Crippen LogP contribution is 2.25. The molecule has 2 heterocycles. The fourth-order valence-electron chi connectivity index (χ4n) is 1.82. The lowest BCUT2D eigenvalue weighted by molar-refractivity contribution is 0.265. The average molecular weight is 278 g/mol. The molecule has 14 heavy (non-hydrogen) atoms. The van der Waals surface area contributed by atoms with E-state index in [1.54, 1.807) is 11.3 Å². The van der Waals surface area contributed by atoms with E-state index in [0.29, 0.717) is 6.42 Å². The zero-order valence-electron chi connectivity index (χ0n) is 7.80. The first kappa shape index (κ1) is 10.6. The van der Waals surface area contributed by atoms with Gasteiger partial charge in [0.25, 0.3) is 0 Å². The van der Waals surface area contributed by atoms with Gasteiger partial charge in [0.15, 0.2) is 0 Å². The summed E-state index contributed by atoms with van der Waals surface area (Å²) in [5, 5.41) is 3.20. The van der Waals surface area contributed by atoms with Crippen molar-refractivity contribution < 1.29 is 4.39 Å². The zero-order chi connectivity index (χ0) is 9.97. The topological polar surface area (TPSA) is 12.0 Å². The summed E-state index contributed by atoms with van der Waals surface area (Å²) in [4.78, 5) is 1.12. The standard InChI is InChI=1S/C10H13BrFNS/c11-10-4-3-7(14-10)6-8(12)9-2-1-5-13-9/h3-4,8-9,13H,1-2,5-6H2. The average Bonchev–Trinajstić information content (AvgIpc) is 2.75. The van der Waals surface area contributed by atoms with E-state index in [-0.39, 0.29) is 6.04 Å². The first-order chi connectivity index (χ1) is 6.75. The van der Waals surface area contributed by atoms with Gasteiger partial charge in [-0.15, -0.1) is 11.3 Å². The second-order valence-corrected chi connectivity index (χ2v) is 6.18. The molecule has 1 aliphatic rings. The highest BCUT2D eigenvalue weighted by molar-refractivity contribution is 9.11. The van der Waals surface area contributed by atoms with E-state index in [4.69, 9.17) is 0 Å². The minimum absolute atomic E-state index is 0.0795. The van der Waals surface area contributed by atoms with Crippen LogP contribution < -0.4 is 5.32 Å². The molecular weight excluding hydrogens is 265 g/mol. The second kappa shape index (κ2) is 4.73. The van der Waals surface area contributed by atoms with Gasteiger partial charge in [-0.3, -0.25) is 0 Å². The molecule has 4 heteroatoms. The Kier molecular flexibility index (Phi) is 3.57. The Labute approximate surface area is 95.8 Å². The van der Waals surface area contributed by atoms with E-state index < -0.39 is 6.17 Å². The summed E-state index contributed by atoms with van der Waals surface area (Å²) in [6.07, 6.45) is 1.91. The molecule has 1 aromatic heterocycles. The van der Waals surface area contributed by atoms with Crippen molar-refractivity contribution in [3.8, 4) is 0 Å². The lowest BCUT2D eigenvalue weighted by Gasteiger charge is -2.14. The second-order valence-electron chi connectivity index (χ2n) is 3.63. The molecule has 2 atom stereocenters. The van der Waals surface area contributed by atoms with Crippen LogP contribution in [0.15, 0.2) is 15.9 Å². The number of nitrogens with one attached hydrogen (secondary N) is 1. The predicted octanol–water partition coefficient (Wildman–Crippen LogP) is 3.14. The number of alkyl halides is 1. The van der Waals surface area contributed by atoms with Crippen LogP contribution in [-0.2, 0) is 6.42 Å². The lowest BCUT2D eigenvalue weighted by atomic mass is 10.1. The Morgan fingerprint density at radius 1 is 1.64 bits per heavy atom. The third kappa shape index (κ3) is 2.55. The van der Waals surface area contributed by atoms with Gasteiger partial charge in [-0.05, 0) is 47.4 Å². The van der Waals surface area contributed by atoms with Gasteiger partial charge in [0.2, 0.25) is 0 Å². The van der Waals surface area contributed by atoms with E-state index in [1.165, 1.54) is 0 Å². The zero-order valence-corrected chi connectivity index (χ0v) is 10.2. The normalized spacial score (nSPS) is 24.0. The van der Waals surface area contributed by atoms with Crippen molar-refractivity contribution in [2.45, 2.75) is 31.5 Å². The Morgan fingerprint density at radius 2 is 2.50 bits per heavy atom. The third-order valence-corrected chi connectivity index (χ3v) is 4.21. The number of thiophene rings is 1. The van der Waals surface area contributed by atoms with E-state index in [0.717, 1.165) is 28.0 Å². The smallest absolute Gasteiger partial charge is 0.120 e. The Bertz CT molecular complexity index is 296. The summed E-state index contributed by atoms with van der Waals surface area (Å²) in [6.45, 7) is 0.971. The van der Waals surface area contributed by atoms with Crippen molar-refractivity contribution in [2.24, 2.45) is 0 Å². The summed E-state index contributed by atoms with van der Waals surface area (Å²) >= 11 is 5.01. The summed E-state index contributed by atoms with van der Waals surface area (Å²) < 4.78 is 14.8. The van der Waals surface area contributed by atoms with Gasteiger partial charge in [0.05, 0.1) is 3.79 Å². The fourth-order valence-corrected chi connectivity index (χ4v) is 3.34. The maximum atomic E-state index is 13.7. The molecule has 1 saturated heterocycles. The van der Waals surface area contributed by atoms with Crippen molar-refractivity contribution in [2.75, 3.05) is 6.54 Å². The molecule has 1 nitrogen and oxygen atoms in total. The molecule has 78 valence electrons. The first-order valence-corrected chi connectivity index (χ1v) is 6.48. The van der Waals surface area contributed by atoms with Crippen molar-refractivity contribution in [1.29, 1.82) is 0 Å². The largest absolute Gasteiger partial charge is 0.311 e. The fraction of sp³-hybridized carbons (Fsp3) is 0.600. The predicted molar refractivity (Wildman–Crippen MR) is 61.6 cm³/mol. The number of halogens is 2. The minimum Gasteiger partial charge on any atom is -0.311 e. The van der Waals surface area contributed by atoms with Crippen LogP contribution >= 0.6 is 27.3 Å². The Balaban J connectivity index is 1.90. The molecular formula is C10H13BrFNS. The number of hydrogen-bond donors (Lipinski definition) is 1. The molecule has 1 fully saturated rings. The van der Waals surface area contributed by atoms with Crippen LogP contribution in [0.25, 0.3) is 0 Å². The number of rotatable bonds is 3. The molecule has 0 saturated carbocycles. The van der Waals surface area contributed by atoms with Crippen LogP contribution in [0.2, 0.25) is 0 Å². The molecule has 0 bridgehead atoms. The minimum atomic E-state index is -0.733. The summed E-state index contributed by atoms with van der Waals surface area (Å²) in [7, 11) is 0. The molecule has 0 aromatic carbocycles. The van der Waals surface area contributed by atoms with Gasteiger partial charge in [0.1, 0.15) is 6.17 Å². The summed E-state index contributed by atoms with van der Waals surface area (Å²) in [5.74, 6) is 0. The molecule has 1 N–H and O–H groups in total. The quantitative estimate of drug-likeness (QED) is 0.895. The van der Waals surface area contributed by atoms with E-state index in [2.05, 4.69) is 21.2 Å². The van der Waals surface area contributed by atoms with Gasteiger partial charge < -0.3 is 5.32 Å². The van der Waals surface area contributed by atoms with Crippen LogP contribution in [0, 0.1) is 0 Å². The molecule has 0 spiro atoms. The SMILES string of the molecule is FC(Cc1ccc(Br)s1)C1CCCN1. The van der Waals surface area contributed by atoms with Crippen LogP contribution in [0.3, 0.4) is 0 Å². The van der Waals surface area contributed by atoms with Gasteiger partial charge in [-0.25, -0.2) is 4.39 Å². The van der Waals surface area contributed by atoms with Crippen molar-refractivity contribution in [3.63, 3.8) is 0 Å². The maximum Gasteiger partial charge on any atom is 0.120 e. The van der Waals surface area contributed by atoms with Crippen molar-refractivity contribution in [1.82, 2.24) is 5.32 Å². The summed E-state index contributed by atoms with van der Waals surface area (Å²) in [5.41, 5.74) is 0. The van der Waals surface area contributed by atoms with Crippen LogP contribution in [0.5, 0.6) is 0 Å². The van der Waals surface area contributed by atoms with Crippen molar-refractivity contribution in [3.05, 3.63) is 20.8 Å². The monoisotopic (exact) mass is 277 g/mol. The first-order valence-electron chi connectivity index (χ1n) is 4.87. The van der Waals surface area contributed by atoms with E-state index >= 15 is 0 Å². The molecule has 2 rings (SSSR count). The van der Waals surface area contributed by atoms with Gasteiger partial charge in [-0.2, -0.15) is 0 Å². The molecule has 2 unspecified atom stereocenters. The highest BCUT2D eigenvalue weighted by atomic mass is 79.9. The van der Waals surface area contributed by atoms with E-state index in [9.17, 15) is 4.39 Å². The van der Waals surface area contributed by atoms with Gasteiger partial charge in [0, 0.05) is 17.3 Å². The van der Waals surface area contributed by atoms with E-state index in [1.807, 2.05) is 12.1 Å². The molecule has 1 aliphatic heterocycles. The van der Waals surface area contributed by atoms with Crippen LogP contribution in [-0.4, -0.2) is 18.8 Å². The highest BCUT2D eigenvalue weighted by Gasteiger charge is 2.24. The third-order valence-electron chi connectivity index (χ3n) is 2.56. The summed E-state index contributed by atoms with van der Waals surface area (Å²) in [6, 6.07) is 4.06. The number of hydrogen-bond acceptors (Lipinski definition) is 2. The van der Waals surface area contributed by atoms with Crippen molar-refractivity contribution >= 4 is 27.3 Å². The van der Waals surface area contributed by atoms with Crippen LogP contribution in [0.1, 0.15) is 17.7 Å². The molecule has 0 amide bonds. The van der Waals surface area contributed by atoms with Gasteiger partial charge >= 0.3 is 0 Å². The van der Waals surface area contributed by atoms with Crippen LogP contribution in [0.4, 0.5) is 4.39 Å². The van der Waals surface area contributed by atoms with Gasteiger partial charge in [-0.1, -0.05) is 0 Å². The molecule has 1 aromatic rings. The Morgan fingerprint density at radius 3 is 3.07 bits per heavy atom. The lowest BCUT2D eigenvalue weighted by Crippen LogP contribution is -2.32. The Hall–Kier alpha value is 0.0700. The molecule has 0 aliphatic carbocycles. The maximum absolute atomic E-state index is 13.7. The molecule has 0 radical (unpaired) electrons.